The molecule has 2 heterocycles. The fourth-order valence-electron chi connectivity index (χ4n) is 1.66. The fourth-order valence-corrected chi connectivity index (χ4v) is 2.67. The average Bonchev–Trinajstić information content (AvgIpc) is 3.04. The lowest BCUT2D eigenvalue weighted by atomic mass is 10.4. The van der Waals surface area contributed by atoms with Gasteiger partial charge in [-0.25, -0.2) is 4.98 Å². The van der Waals surface area contributed by atoms with Crippen molar-refractivity contribution in [3.63, 3.8) is 0 Å². The molecule has 2 aromatic rings. The predicted octanol–water partition coefficient (Wildman–Crippen LogP) is 0.941. The van der Waals surface area contributed by atoms with Gasteiger partial charge in [-0.3, -0.25) is 14.0 Å². The molecule has 0 spiro atoms. The summed E-state index contributed by atoms with van der Waals surface area (Å²) in [4.78, 5) is 28.0. The van der Waals surface area contributed by atoms with E-state index in [0.717, 1.165) is 4.96 Å². The number of ether oxygens (including phenoxy) is 1. The molecule has 0 saturated carbocycles. The molecule has 2 aromatic heterocycles. The molecule has 2 amide bonds. The summed E-state index contributed by atoms with van der Waals surface area (Å²) in [6.07, 6.45) is 4.70. The molecule has 0 radical (unpaired) electrons. The van der Waals surface area contributed by atoms with Crippen LogP contribution in [0.1, 0.15) is 5.69 Å². The number of fused-ring (bicyclic) bond motifs is 1. The Kier molecular flexibility index (Phi) is 5.93. The molecule has 0 bridgehead atoms. The van der Waals surface area contributed by atoms with Gasteiger partial charge in [0, 0.05) is 31.3 Å². The number of halogens is 1. The van der Waals surface area contributed by atoms with E-state index >= 15 is 0 Å². The highest BCUT2D eigenvalue weighted by Gasteiger charge is 2.09. The first kappa shape index (κ1) is 16.5. The number of carbonyl (C=O) groups excluding carboxylic acids is 2. The zero-order valence-corrected chi connectivity index (χ0v) is 13.4. The van der Waals surface area contributed by atoms with Gasteiger partial charge in [0.05, 0.1) is 18.8 Å². The quantitative estimate of drug-likeness (QED) is 0.579. The Morgan fingerprint density at radius 1 is 1.50 bits per heavy atom. The highest BCUT2D eigenvalue weighted by atomic mass is 35.5. The lowest BCUT2D eigenvalue weighted by Crippen LogP contribution is -2.37. The van der Waals surface area contributed by atoms with Crippen molar-refractivity contribution in [1.82, 2.24) is 20.0 Å². The van der Waals surface area contributed by atoms with Crippen molar-refractivity contribution in [2.75, 3.05) is 26.8 Å². The second-order valence-electron chi connectivity index (χ2n) is 4.24. The number of thiazole rings is 1. The Hall–Kier alpha value is -1.90. The Balaban J connectivity index is 1.85. The van der Waals surface area contributed by atoms with Gasteiger partial charge in [0.15, 0.2) is 10.1 Å². The predicted molar refractivity (Wildman–Crippen MR) is 85.0 cm³/mol. The van der Waals surface area contributed by atoms with Gasteiger partial charge in [0.25, 0.3) is 0 Å². The molecule has 0 saturated heterocycles. The number of carbonyl (C=O) groups is 2. The summed E-state index contributed by atoms with van der Waals surface area (Å²) >= 11 is 7.46. The molecular weight excluding hydrogens is 328 g/mol. The third kappa shape index (κ3) is 4.30. The van der Waals surface area contributed by atoms with Crippen LogP contribution in [0.5, 0.6) is 0 Å². The van der Waals surface area contributed by atoms with Crippen LogP contribution in [0.4, 0.5) is 0 Å². The number of nitrogens with one attached hydrogen (secondary N) is 2. The van der Waals surface area contributed by atoms with Gasteiger partial charge in [-0.05, 0) is 6.08 Å². The van der Waals surface area contributed by atoms with E-state index < -0.39 is 0 Å². The molecule has 0 aliphatic carbocycles. The van der Waals surface area contributed by atoms with Crippen molar-refractivity contribution in [3.8, 4) is 0 Å². The van der Waals surface area contributed by atoms with Gasteiger partial charge in [0.1, 0.15) is 0 Å². The number of nitrogens with zero attached hydrogens (tertiary/aromatic N) is 2. The monoisotopic (exact) mass is 342 g/mol. The van der Waals surface area contributed by atoms with E-state index in [1.165, 1.54) is 17.4 Å². The summed E-state index contributed by atoms with van der Waals surface area (Å²) in [5, 5.41) is 7.29. The SMILES string of the molecule is COCCNC(=O)CNC(=O)/C=C/c1c(Cl)nc2sccn12. The van der Waals surface area contributed by atoms with Gasteiger partial charge in [0.2, 0.25) is 11.8 Å². The number of imidazole rings is 1. The van der Waals surface area contributed by atoms with Crippen molar-refractivity contribution in [1.29, 1.82) is 0 Å². The molecule has 0 aromatic carbocycles. The number of aromatic nitrogens is 2. The summed E-state index contributed by atoms with van der Waals surface area (Å²) < 4.78 is 6.59. The molecule has 9 heteroatoms. The van der Waals surface area contributed by atoms with E-state index in [1.807, 2.05) is 11.6 Å². The fraction of sp³-hybridized carbons (Fsp3) is 0.308. The van der Waals surface area contributed by atoms with E-state index in [4.69, 9.17) is 16.3 Å². The van der Waals surface area contributed by atoms with Gasteiger partial charge in [-0.15, -0.1) is 11.3 Å². The molecular formula is C13H15ClN4O3S. The molecule has 0 fully saturated rings. The second-order valence-corrected chi connectivity index (χ2v) is 5.47. The van der Waals surface area contributed by atoms with Crippen molar-refractivity contribution in [2.45, 2.75) is 0 Å². The first-order valence-corrected chi connectivity index (χ1v) is 7.70. The number of hydrogen-bond acceptors (Lipinski definition) is 5. The minimum Gasteiger partial charge on any atom is -0.383 e. The van der Waals surface area contributed by atoms with Crippen molar-refractivity contribution < 1.29 is 14.3 Å². The van der Waals surface area contributed by atoms with Crippen LogP contribution in [0.15, 0.2) is 17.7 Å². The molecule has 0 aliphatic rings. The van der Waals surface area contributed by atoms with Crippen LogP contribution in [-0.2, 0) is 14.3 Å². The smallest absolute Gasteiger partial charge is 0.244 e. The van der Waals surface area contributed by atoms with E-state index in [9.17, 15) is 9.59 Å². The maximum absolute atomic E-state index is 11.7. The van der Waals surface area contributed by atoms with E-state index in [-0.39, 0.29) is 18.4 Å². The zero-order valence-electron chi connectivity index (χ0n) is 11.8. The summed E-state index contributed by atoms with van der Waals surface area (Å²) in [7, 11) is 1.55. The Bertz CT molecular complexity index is 695. The van der Waals surface area contributed by atoms with Gasteiger partial charge >= 0.3 is 0 Å². The average molecular weight is 343 g/mol. The van der Waals surface area contributed by atoms with Crippen molar-refractivity contribution in [3.05, 3.63) is 28.5 Å². The maximum atomic E-state index is 11.7. The Morgan fingerprint density at radius 3 is 3.09 bits per heavy atom. The highest BCUT2D eigenvalue weighted by molar-refractivity contribution is 7.15. The highest BCUT2D eigenvalue weighted by Crippen LogP contribution is 2.22. The Morgan fingerprint density at radius 2 is 2.32 bits per heavy atom. The van der Waals surface area contributed by atoms with E-state index in [2.05, 4.69) is 15.6 Å². The number of rotatable bonds is 7. The molecule has 0 unspecified atom stereocenters. The van der Waals surface area contributed by atoms with Gasteiger partial charge < -0.3 is 15.4 Å². The van der Waals surface area contributed by atoms with Crippen molar-refractivity contribution in [2.24, 2.45) is 0 Å². The minimum atomic E-state index is -0.386. The van der Waals surface area contributed by atoms with Crippen LogP contribution in [0.3, 0.4) is 0 Å². The van der Waals surface area contributed by atoms with Crippen LogP contribution < -0.4 is 10.6 Å². The van der Waals surface area contributed by atoms with Gasteiger partial charge in [-0.1, -0.05) is 11.6 Å². The van der Waals surface area contributed by atoms with Crippen LogP contribution in [0.25, 0.3) is 11.0 Å². The molecule has 0 atom stereocenters. The zero-order chi connectivity index (χ0) is 15.9. The molecule has 118 valence electrons. The topological polar surface area (TPSA) is 84.7 Å². The second kappa shape index (κ2) is 7.92. The van der Waals surface area contributed by atoms with Crippen molar-refractivity contribution >= 4 is 45.8 Å². The first-order chi connectivity index (χ1) is 10.6. The van der Waals surface area contributed by atoms with Crippen LogP contribution in [0.2, 0.25) is 5.15 Å². The molecule has 22 heavy (non-hydrogen) atoms. The molecule has 0 aliphatic heterocycles. The van der Waals surface area contributed by atoms with E-state index in [1.54, 1.807) is 17.6 Å². The Labute approximate surface area is 135 Å². The standard InChI is InChI=1S/C13H15ClN4O3S/c1-21-6-4-15-11(20)8-16-10(19)3-2-9-12(14)17-13-18(9)5-7-22-13/h2-3,5,7H,4,6,8H2,1H3,(H,15,20)(H,16,19)/b3-2+. The third-order valence-electron chi connectivity index (χ3n) is 2.70. The van der Waals surface area contributed by atoms with E-state index in [0.29, 0.717) is 24.0 Å². The molecule has 2 rings (SSSR count). The number of methoxy groups -OCH3 is 1. The largest absolute Gasteiger partial charge is 0.383 e. The third-order valence-corrected chi connectivity index (χ3v) is 3.73. The number of amides is 2. The molecule has 7 nitrogen and oxygen atoms in total. The lowest BCUT2D eigenvalue weighted by Gasteiger charge is -2.04. The summed E-state index contributed by atoms with van der Waals surface area (Å²) in [6.45, 7) is 0.736. The normalized spacial score (nSPS) is 11.2. The summed E-state index contributed by atoms with van der Waals surface area (Å²) in [6, 6.07) is 0. The van der Waals surface area contributed by atoms with Crippen LogP contribution in [-0.4, -0.2) is 48.0 Å². The summed E-state index contributed by atoms with van der Waals surface area (Å²) in [5.41, 5.74) is 0.623. The number of hydrogen-bond donors (Lipinski definition) is 2. The van der Waals surface area contributed by atoms with Crippen LogP contribution >= 0.6 is 22.9 Å². The van der Waals surface area contributed by atoms with Gasteiger partial charge in [-0.2, -0.15) is 0 Å². The maximum Gasteiger partial charge on any atom is 0.244 e. The first-order valence-electron chi connectivity index (χ1n) is 6.44. The molecule has 2 N–H and O–H groups in total. The summed E-state index contributed by atoms with van der Waals surface area (Å²) in [5.74, 6) is -0.662. The van der Waals surface area contributed by atoms with Crippen LogP contribution in [0, 0.1) is 0 Å². The lowest BCUT2D eigenvalue weighted by molar-refractivity contribution is -0.124. The minimum absolute atomic E-state index is 0.0963.